The Bertz CT molecular complexity index is 430. The van der Waals surface area contributed by atoms with Crippen molar-refractivity contribution in [1.29, 1.82) is 0 Å². The Morgan fingerprint density at radius 3 is 2.53 bits per heavy atom. The van der Waals surface area contributed by atoms with Crippen molar-refractivity contribution in [3.8, 4) is 5.75 Å². The lowest BCUT2D eigenvalue weighted by Crippen LogP contribution is -2.32. The molecule has 1 fully saturated rings. The number of nitrogens with zero attached hydrogens (tertiary/aromatic N) is 1. The summed E-state index contributed by atoms with van der Waals surface area (Å²) in [5.74, 6) is -0.377. The number of phenolic OH excluding ortho intramolecular Hbond substituents is 1. The summed E-state index contributed by atoms with van der Waals surface area (Å²) in [4.78, 5) is 23.9. The van der Waals surface area contributed by atoms with Crippen LogP contribution in [0.4, 0.5) is 10.5 Å². The molecule has 5 nitrogen and oxygen atoms in total. The van der Waals surface area contributed by atoms with Crippen molar-refractivity contribution >= 4 is 17.6 Å². The molecule has 2 N–H and O–H groups in total. The van der Waals surface area contributed by atoms with Gasteiger partial charge in [0.05, 0.1) is 5.69 Å². The minimum absolute atomic E-state index is 0.0193. The molecule has 5 heteroatoms. The average Bonchev–Trinajstić information content (AvgIpc) is 2.43. The fourth-order valence-electron chi connectivity index (χ4n) is 1.55. The van der Waals surface area contributed by atoms with E-state index in [0.29, 0.717) is 5.69 Å². The van der Waals surface area contributed by atoms with Crippen LogP contribution >= 0.6 is 0 Å². The van der Waals surface area contributed by atoms with Gasteiger partial charge in [-0.25, -0.2) is 4.79 Å². The Kier molecular flexibility index (Phi) is 2.07. The molecular formula is C10H10N2O3. The van der Waals surface area contributed by atoms with Crippen LogP contribution in [0.15, 0.2) is 24.3 Å². The molecular weight excluding hydrogens is 196 g/mol. The van der Waals surface area contributed by atoms with E-state index in [4.69, 9.17) is 0 Å². The van der Waals surface area contributed by atoms with Gasteiger partial charge in [-0.1, -0.05) is 12.1 Å². The molecule has 0 spiro atoms. The summed E-state index contributed by atoms with van der Waals surface area (Å²) in [6.45, 7) is 1.60. The number of phenols is 1. The number of carbonyl (C=O) groups is 2. The van der Waals surface area contributed by atoms with E-state index in [-0.39, 0.29) is 11.7 Å². The van der Waals surface area contributed by atoms with E-state index in [2.05, 4.69) is 5.32 Å². The molecule has 2 rings (SSSR count). The van der Waals surface area contributed by atoms with Crippen LogP contribution in [0.5, 0.6) is 5.75 Å². The molecule has 1 atom stereocenters. The van der Waals surface area contributed by atoms with Crippen LogP contribution in [0.3, 0.4) is 0 Å². The first-order valence-corrected chi connectivity index (χ1v) is 4.53. The number of imide groups is 1. The molecule has 3 amide bonds. The lowest BCUT2D eigenvalue weighted by atomic mass is 10.2. The highest BCUT2D eigenvalue weighted by atomic mass is 16.3. The number of anilines is 1. The quantitative estimate of drug-likeness (QED) is 0.669. The third-order valence-electron chi connectivity index (χ3n) is 2.36. The average molecular weight is 206 g/mol. The summed E-state index contributed by atoms with van der Waals surface area (Å²) < 4.78 is 0. The van der Waals surface area contributed by atoms with Gasteiger partial charge in [-0.15, -0.1) is 0 Å². The summed E-state index contributed by atoms with van der Waals surface area (Å²) in [5.41, 5.74) is 0.341. The van der Waals surface area contributed by atoms with E-state index in [9.17, 15) is 14.7 Å². The molecule has 1 aliphatic heterocycles. The van der Waals surface area contributed by atoms with Crippen LogP contribution in [0, 0.1) is 0 Å². The maximum Gasteiger partial charge on any atom is 0.329 e. The number of rotatable bonds is 1. The largest absolute Gasteiger partial charge is 0.506 e. The predicted octanol–water partition coefficient (Wildman–Crippen LogP) is 0.837. The molecule has 0 bridgehead atoms. The summed E-state index contributed by atoms with van der Waals surface area (Å²) in [6.07, 6.45) is 0. The van der Waals surface area contributed by atoms with Crippen LogP contribution in [-0.4, -0.2) is 23.1 Å². The number of benzene rings is 1. The summed E-state index contributed by atoms with van der Waals surface area (Å²) in [6, 6.07) is 5.30. The highest BCUT2D eigenvalue weighted by Crippen LogP contribution is 2.29. The molecule has 1 heterocycles. The summed E-state index contributed by atoms with van der Waals surface area (Å²) in [5, 5.41) is 11.7. The first-order valence-electron chi connectivity index (χ1n) is 4.53. The second-order valence-corrected chi connectivity index (χ2v) is 3.33. The molecule has 1 aromatic carbocycles. The Morgan fingerprint density at radius 1 is 1.33 bits per heavy atom. The summed E-state index contributed by atoms with van der Waals surface area (Å²) >= 11 is 0. The highest BCUT2D eigenvalue weighted by molar-refractivity contribution is 6.14. The second-order valence-electron chi connectivity index (χ2n) is 3.33. The number of para-hydroxylation sites is 2. The molecule has 0 aromatic heterocycles. The maximum absolute atomic E-state index is 11.4. The van der Waals surface area contributed by atoms with Gasteiger partial charge in [-0.05, 0) is 19.1 Å². The molecule has 1 aliphatic rings. The zero-order valence-electron chi connectivity index (χ0n) is 8.10. The molecule has 0 saturated carbocycles. The van der Waals surface area contributed by atoms with Gasteiger partial charge < -0.3 is 5.11 Å². The fourth-order valence-corrected chi connectivity index (χ4v) is 1.55. The van der Waals surface area contributed by atoms with Gasteiger partial charge in [0.15, 0.2) is 0 Å². The van der Waals surface area contributed by atoms with E-state index in [1.807, 2.05) is 0 Å². The Balaban J connectivity index is 2.43. The SMILES string of the molecule is CC1C(=O)NC(=O)N1c1ccccc1O. The van der Waals surface area contributed by atoms with Gasteiger partial charge in [-0.2, -0.15) is 0 Å². The van der Waals surface area contributed by atoms with Crippen molar-refractivity contribution in [2.24, 2.45) is 0 Å². The molecule has 15 heavy (non-hydrogen) atoms. The van der Waals surface area contributed by atoms with Crippen molar-refractivity contribution < 1.29 is 14.7 Å². The molecule has 1 aromatic rings. The number of aromatic hydroxyl groups is 1. The van der Waals surface area contributed by atoms with Crippen LogP contribution in [-0.2, 0) is 4.79 Å². The topological polar surface area (TPSA) is 69.6 Å². The minimum atomic E-state index is -0.592. The fraction of sp³-hybridized carbons (Fsp3) is 0.200. The minimum Gasteiger partial charge on any atom is -0.506 e. The first-order chi connectivity index (χ1) is 7.11. The van der Waals surface area contributed by atoms with E-state index in [0.717, 1.165) is 0 Å². The number of hydrogen-bond acceptors (Lipinski definition) is 3. The number of urea groups is 1. The van der Waals surface area contributed by atoms with Crippen molar-refractivity contribution in [1.82, 2.24) is 5.32 Å². The van der Waals surface area contributed by atoms with Crippen molar-refractivity contribution in [3.63, 3.8) is 0 Å². The Hall–Kier alpha value is -2.04. The lowest BCUT2D eigenvalue weighted by Gasteiger charge is -2.19. The van der Waals surface area contributed by atoms with Gasteiger partial charge in [0.2, 0.25) is 0 Å². The summed E-state index contributed by atoms with van der Waals surface area (Å²) in [7, 11) is 0. The zero-order valence-corrected chi connectivity index (χ0v) is 8.10. The van der Waals surface area contributed by atoms with E-state index in [1.54, 1.807) is 25.1 Å². The normalized spacial score (nSPS) is 20.6. The maximum atomic E-state index is 11.4. The van der Waals surface area contributed by atoms with Gasteiger partial charge >= 0.3 is 6.03 Å². The van der Waals surface area contributed by atoms with Gasteiger partial charge in [0, 0.05) is 0 Å². The number of nitrogens with one attached hydrogen (secondary N) is 1. The number of carbonyl (C=O) groups excluding carboxylic acids is 2. The van der Waals surface area contributed by atoms with Crippen molar-refractivity contribution in [2.45, 2.75) is 13.0 Å². The lowest BCUT2D eigenvalue weighted by molar-refractivity contribution is -0.119. The van der Waals surface area contributed by atoms with E-state index >= 15 is 0 Å². The standard InChI is InChI=1S/C10H10N2O3/c1-6-9(14)11-10(15)12(6)7-4-2-3-5-8(7)13/h2-6,13H,1H3,(H,11,14,15). The number of hydrogen-bond donors (Lipinski definition) is 2. The monoisotopic (exact) mass is 206 g/mol. The van der Waals surface area contributed by atoms with Crippen LogP contribution in [0.1, 0.15) is 6.92 Å². The third-order valence-corrected chi connectivity index (χ3v) is 2.36. The van der Waals surface area contributed by atoms with Gasteiger partial charge in [0.1, 0.15) is 11.8 Å². The third kappa shape index (κ3) is 1.41. The van der Waals surface area contributed by atoms with Crippen molar-refractivity contribution in [2.75, 3.05) is 4.90 Å². The zero-order chi connectivity index (χ0) is 11.0. The van der Waals surface area contributed by atoms with Gasteiger partial charge in [0.25, 0.3) is 5.91 Å². The Morgan fingerprint density at radius 2 is 2.00 bits per heavy atom. The van der Waals surface area contributed by atoms with Gasteiger partial charge in [-0.3, -0.25) is 15.0 Å². The van der Waals surface area contributed by atoms with Crippen LogP contribution < -0.4 is 10.2 Å². The highest BCUT2D eigenvalue weighted by Gasteiger charge is 2.36. The molecule has 1 unspecified atom stereocenters. The smallest absolute Gasteiger partial charge is 0.329 e. The van der Waals surface area contributed by atoms with E-state index < -0.39 is 12.1 Å². The second kappa shape index (κ2) is 3.27. The molecule has 0 aliphatic carbocycles. The van der Waals surface area contributed by atoms with Crippen LogP contribution in [0.25, 0.3) is 0 Å². The first kappa shape index (κ1) is 9.51. The molecule has 1 saturated heterocycles. The number of amides is 3. The predicted molar refractivity (Wildman–Crippen MR) is 53.6 cm³/mol. The molecule has 0 radical (unpaired) electrons. The van der Waals surface area contributed by atoms with Crippen LogP contribution in [0.2, 0.25) is 0 Å². The van der Waals surface area contributed by atoms with E-state index in [1.165, 1.54) is 11.0 Å². The Labute approximate surface area is 86.3 Å². The van der Waals surface area contributed by atoms with Crippen molar-refractivity contribution in [3.05, 3.63) is 24.3 Å². The molecule has 78 valence electrons.